The van der Waals surface area contributed by atoms with Gasteiger partial charge in [-0.2, -0.15) is 0 Å². The molecule has 1 fully saturated rings. The summed E-state index contributed by atoms with van der Waals surface area (Å²) in [5.41, 5.74) is 0.709. The van der Waals surface area contributed by atoms with Crippen LogP contribution in [0.4, 0.5) is 0 Å². The minimum Gasteiger partial charge on any atom is -0.465 e. The van der Waals surface area contributed by atoms with E-state index in [9.17, 15) is 9.59 Å². The Labute approximate surface area is 170 Å². The van der Waals surface area contributed by atoms with Crippen molar-refractivity contribution in [1.29, 1.82) is 0 Å². The van der Waals surface area contributed by atoms with Crippen LogP contribution in [-0.2, 0) is 27.4 Å². The Morgan fingerprint density at radius 1 is 1.36 bits per heavy atom. The highest BCUT2D eigenvalue weighted by atomic mass is 32.1. The molecule has 3 aromatic heterocycles. The van der Waals surface area contributed by atoms with E-state index in [1.165, 1.54) is 20.8 Å². The molecule has 1 saturated heterocycles. The molecule has 0 radical (unpaired) electrons. The number of esters is 1. The van der Waals surface area contributed by atoms with Crippen LogP contribution >= 0.6 is 22.7 Å². The molecule has 7 nitrogen and oxygen atoms in total. The largest absolute Gasteiger partial charge is 0.465 e. The summed E-state index contributed by atoms with van der Waals surface area (Å²) in [6.07, 6.45) is 0. The van der Waals surface area contributed by atoms with Gasteiger partial charge in [0.2, 0.25) is 0 Å². The number of quaternary nitrogens is 1. The summed E-state index contributed by atoms with van der Waals surface area (Å²) in [4.78, 5) is 33.4. The number of aromatic nitrogens is 2. The van der Waals surface area contributed by atoms with E-state index in [2.05, 4.69) is 0 Å². The first-order valence-corrected chi connectivity index (χ1v) is 11.0. The molecule has 0 unspecified atom stereocenters. The lowest BCUT2D eigenvalue weighted by Gasteiger charge is -2.24. The van der Waals surface area contributed by atoms with Crippen LogP contribution < -0.4 is 10.5 Å². The maximum atomic E-state index is 13.4. The van der Waals surface area contributed by atoms with Crippen LogP contribution in [-0.4, -0.2) is 48.4 Å². The molecular formula is C19H22N3O4S2+. The number of thiophene rings is 2. The molecule has 0 aliphatic carbocycles. The second-order valence-electron chi connectivity index (χ2n) is 6.57. The summed E-state index contributed by atoms with van der Waals surface area (Å²) in [5, 5.41) is 4.54. The van der Waals surface area contributed by atoms with E-state index in [4.69, 9.17) is 14.5 Å². The third-order valence-electron chi connectivity index (χ3n) is 4.76. The minimum atomic E-state index is -0.420. The Morgan fingerprint density at radius 3 is 2.89 bits per heavy atom. The van der Waals surface area contributed by atoms with Crippen molar-refractivity contribution in [1.82, 2.24) is 9.55 Å². The second kappa shape index (κ2) is 8.52. The number of hydrogen-bond donors (Lipinski definition) is 1. The normalized spacial score (nSPS) is 15.2. The van der Waals surface area contributed by atoms with E-state index in [0.29, 0.717) is 31.0 Å². The van der Waals surface area contributed by atoms with E-state index in [0.717, 1.165) is 28.4 Å². The fraction of sp³-hybridized carbons (Fsp3) is 0.421. The third kappa shape index (κ3) is 3.88. The average molecular weight is 421 g/mol. The van der Waals surface area contributed by atoms with Gasteiger partial charge in [-0.05, 0) is 18.4 Å². The lowest BCUT2D eigenvalue weighted by Crippen LogP contribution is -3.13. The molecule has 0 aromatic carbocycles. The maximum Gasteiger partial charge on any atom is 0.326 e. The fourth-order valence-corrected chi connectivity index (χ4v) is 5.14. The maximum absolute atomic E-state index is 13.4. The van der Waals surface area contributed by atoms with Gasteiger partial charge >= 0.3 is 5.97 Å². The van der Waals surface area contributed by atoms with Crippen LogP contribution in [0.1, 0.15) is 12.7 Å². The van der Waals surface area contributed by atoms with Crippen molar-refractivity contribution in [2.75, 3.05) is 32.9 Å². The van der Waals surface area contributed by atoms with E-state index in [-0.39, 0.29) is 18.7 Å². The number of carbonyl (C=O) groups excluding carboxylic acids is 1. The zero-order chi connectivity index (χ0) is 19.5. The molecule has 0 spiro atoms. The number of nitrogens with one attached hydrogen (secondary N) is 1. The monoisotopic (exact) mass is 420 g/mol. The lowest BCUT2D eigenvalue weighted by atomic mass is 10.2. The Bertz CT molecular complexity index is 1020. The quantitative estimate of drug-likeness (QED) is 0.606. The molecule has 4 heterocycles. The van der Waals surface area contributed by atoms with E-state index in [1.807, 2.05) is 22.9 Å². The van der Waals surface area contributed by atoms with Crippen molar-refractivity contribution >= 4 is 38.9 Å². The van der Waals surface area contributed by atoms with Crippen LogP contribution in [0.15, 0.2) is 27.7 Å². The van der Waals surface area contributed by atoms with Crippen LogP contribution in [0.3, 0.4) is 0 Å². The standard InChI is InChI=1S/C19H21N3O4S2/c1-2-26-16(23)11-22-15(10-21-5-7-25-8-6-21)20-18-17(19(22)24)13(12-28-18)14-4-3-9-27-14/h3-4,9,12H,2,5-8,10-11H2,1H3/p+1. The van der Waals surface area contributed by atoms with Crippen LogP contribution in [0.2, 0.25) is 0 Å². The molecule has 0 saturated carbocycles. The third-order valence-corrected chi connectivity index (χ3v) is 6.54. The van der Waals surface area contributed by atoms with Crippen molar-refractivity contribution in [3.05, 3.63) is 39.1 Å². The molecule has 1 N–H and O–H groups in total. The summed E-state index contributed by atoms with van der Waals surface area (Å²) in [6.45, 7) is 5.62. The fourth-order valence-electron chi connectivity index (χ4n) is 3.37. The number of ether oxygens (including phenoxy) is 2. The highest BCUT2D eigenvalue weighted by Crippen LogP contribution is 2.33. The molecule has 1 aliphatic heterocycles. The minimum absolute atomic E-state index is 0.117. The van der Waals surface area contributed by atoms with Gasteiger partial charge in [-0.25, -0.2) is 4.98 Å². The number of rotatable bonds is 6. The van der Waals surface area contributed by atoms with Crippen molar-refractivity contribution in [2.45, 2.75) is 20.0 Å². The molecule has 0 atom stereocenters. The van der Waals surface area contributed by atoms with Gasteiger partial charge in [0.1, 0.15) is 31.0 Å². The van der Waals surface area contributed by atoms with Crippen LogP contribution in [0, 0.1) is 0 Å². The van der Waals surface area contributed by atoms with Crippen molar-refractivity contribution in [3.8, 4) is 10.4 Å². The molecule has 4 rings (SSSR count). The molecular weight excluding hydrogens is 398 g/mol. The number of nitrogens with zero attached hydrogens (tertiary/aromatic N) is 2. The van der Waals surface area contributed by atoms with Gasteiger partial charge in [0.05, 0.1) is 25.2 Å². The van der Waals surface area contributed by atoms with E-state index < -0.39 is 5.97 Å². The van der Waals surface area contributed by atoms with E-state index >= 15 is 0 Å². The molecule has 28 heavy (non-hydrogen) atoms. The van der Waals surface area contributed by atoms with Crippen LogP contribution in [0.25, 0.3) is 20.7 Å². The summed E-state index contributed by atoms with van der Waals surface area (Å²) in [6, 6.07) is 3.96. The average Bonchev–Trinajstić information content (AvgIpc) is 3.35. The first kappa shape index (κ1) is 19.3. The first-order chi connectivity index (χ1) is 13.7. The predicted octanol–water partition coefficient (Wildman–Crippen LogP) is 1.16. The zero-order valence-electron chi connectivity index (χ0n) is 15.6. The van der Waals surface area contributed by atoms with Crippen molar-refractivity contribution in [2.24, 2.45) is 0 Å². The zero-order valence-corrected chi connectivity index (χ0v) is 17.2. The SMILES string of the molecule is CCOC(=O)Cn1c(C[NH+]2CCOCC2)nc2scc(-c3cccs3)c2c1=O. The summed E-state index contributed by atoms with van der Waals surface area (Å²) < 4.78 is 12.0. The van der Waals surface area contributed by atoms with Crippen molar-refractivity contribution in [3.63, 3.8) is 0 Å². The molecule has 1 aliphatic rings. The van der Waals surface area contributed by atoms with Gasteiger partial charge in [-0.1, -0.05) is 6.07 Å². The topological polar surface area (TPSA) is 74.9 Å². The Morgan fingerprint density at radius 2 is 2.18 bits per heavy atom. The van der Waals surface area contributed by atoms with Gasteiger partial charge in [0, 0.05) is 15.8 Å². The number of hydrogen-bond acceptors (Lipinski definition) is 7. The molecule has 0 amide bonds. The Kier molecular flexibility index (Phi) is 5.86. The van der Waals surface area contributed by atoms with Crippen LogP contribution in [0.5, 0.6) is 0 Å². The van der Waals surface area contributed by atoms with Gasteiger partial charge < -0.3 is 14.4 Å². The Hall–Kier alpha value is -2.07. The smallest absolute Gasteiger partial charge is 0.326 e. The molecule has 3 aromatic rings. The number of fused-ring (bicyclic) bond motifs is 1. The van der Waals surface area contributed by atoms with Crippen molar-refractivity contribution < 1.29 is 19.2 Å². The summed E-state index contributed by atoms with van der Waals surface area (Å²) in [7, 11) is 0. The highest BCUT2D eigenvalue weighted by Gasteiger charge is 2.23. The number of carbonyl (C=O) groups is 1. The first-order valence-electron chi connectivity index (χ1n) is 9.29. The predicted molar refractivity (Wildman–Crippen MR) is 109 cm³/mol. The van der Waals surface area contributed by atoms with E-state index in [1.54, 1.807) is 18.3 Å². The molecule has 0 bridgehead atoms. The highest BCUT2D eigenvalue weighted by molar-refractivity contribution is 7.18. The second-order valence-corrected chi connectivity index (χ2v) is 8.38. The molecule has 148 valence electrons. The van der Waals surface area contributed by atoms with Gasteiger partial charge in [-0.3, -0.25) is 14.2 Å². The van der Waals surface area contributed by atoms with Gasteiger partial charge in [0.25, 0.3) is 5.56 Å². The lowest BCUT2D eigenvalue weighted by molar-refractivity contribution is -0.922. The summed E-state index contributed by atoms with van der Waals surface area (Å²) in [5.74, 6) is 0.207. The van der Waals surface area contributed by atoms with Gasteiger partial charge in [-0.15, -0.1) is 22.7 Å². The number of morpholine rings is 1. The summed E-state index contributed by atoms with van der Waals surface area (Å²) >= 11 is 3.06. The Balaban J connectivity index is 1.80. The molecule has 9 heteroatoms. The van der Waals surface area contributed by atoms with Gasteiger partial charge in [0.15, 0.2) is 5.82 Å².